The van der Waals surface area contributed by atoms with Gasteiger partial charge in [-0.3, -0.25) is 0 Å². The molecule has 0 amide bonds. The quantitative estimate of drug-likeness (QED) is 0.378. The molecule has 0 heterocycles. The highest BCUT2D eigenvalue weighted by atomic mass is 16.2. The molecule has 0 aliphatic carbocycles. The first-order chi connectivity index (χ1) is 3.41. The predicted octanol–water partition coefficient (Wildman–Crippen LogP) is 1.77. The molecule has 0 aliphatic heterocycles. The largest absolute Gasteiger partial charge is 0.237 e. The van der Waals surface area contributed by atoms with Crippen LogP contribution in [0.2, 0.25) is 0 Å². The molecule has 1 nitrogen and oxygen atoms in total. The molecule has 1 heteroatoms. The van der Waals surface area contributed by atoms with Crippen LogP contribution < -0.4 is 0 Å². The second kappa shape index (κ2) is 5.70. The fraction of sp³-hybridized carbons (Fsp3) is 0.667. The van der Waals surface area contributed by atoms with Crippen molar-refractivity contribution in [1.82, 2.24) is 0 Å². The molecule has 1 radical (unpaired) electrons. The maximum absolute atomic E-state index is 9.77. The van der Waals surface area contributed by atoms with E-state index in [0.29, 0.717) is 0 Å². The smallest absolute Gasteiger partial charge is 0.0822 e. The Bertz CT molecular complexity index is 41.4. The van der Waals surface area contributed by atoms with Crippen molar-refractivity contribution in [3.63, 3.8) is 0 Å². The number of hydrogen-bond donors (Lipinski definition) is 0. The molecule has 0 aromatic heterocycles. The minimum atomic E-state index is 0.0633. The minimum Gasteiger partial charge on any atom is -0.237 e. The van der Waals surface area contributed by atoms with Crippen LogP contribution >= 0.6 is 0 Å². The van der Waals surface area contributed by atoms with Crippen molar-refractivity contribution >= 4 is 0 Å². The van der Waals surface area contributed by atoms with Gasteiger partial charge < -0.3 is 0 Å². The van der Waals surface area contributed by atoms with Gasteiger partial charge in [-0.15, -0.1) is 6.58 Å². The summed E-state index contributed by atoms with van der Waals surface area (Å²) < 4.78 is 0. The Morgan fingerprint density at radius 3 is 2.57 bits per heavy atom. The number of allylic oxidation sites excluding steroid dienone is 1. The van der Waals surface area contributed by atoms with Gasteiger partial charge in [0.25, 0.3) is 0 Å². The summed E-state index contributed by atoms with van der Waals surface area (Å²) >= 11 is 0. The maximum atomic E-state index is 9.77. The maximum Gasteiger partial charge on any atom is 0.0822 e. The summed E-state index contributed by atoms with van der Waals surface area (Å²) in [4.78, 5) is 0. The lowest BCUT2D eigenvalue weighted by molar-refractivity contribution is 0.187. The second-order valence-corrected chi connectivity index (χ2v) is 1.49. The van der Waals surface area contributed by atoms with Crippen molar-refractivity contribution in [2.45, 2.75) is 19.3 Å². The zero-order valence-electron chi connectivity index (χ0n) is 4.52. The minimum absolute atomic E-state index is 0.0633. The highest BCUT2D eigenvalue weighted by Crippen LogP contribution is 1.92. The van der Waals surface area contributed by atoms with Gasteiger partial charge in [-0.25, -0.2) is 5.11 Å². The van der Waals surface area contributed by atoms with E-state index in [1.807, 2.05) is 6.08 Å². The Morgan fingerprint density at radius 2 is 2.14 bits per heavy atom. The van der Waals surface area contributed by atoms with Crippen LogP contribution in [-0.4, -0.2) is 6.61 Å². The van der Waals surface area contributed by atoms with Crippen molar-refractivity contribution < 1.29 is 5.11 Å². The summed E-state index contributed by atoms with van der Waals surface area (Å²) in [5, 5.41) is 9.77. The van der Waals surface area contributed by atoms with E-state index in [2.05, 4.69) is 6.58 Å². The van der Waals surface area contributed by atoms with Crippen LogP contribution in [-0.2, 0) is 5.11 Å². The number of unbranched alkanes of at least 4 members (excludes halogenated alkanes) is 2. The van der Waals surface area contributed by atoms with Gasteiger partial charge in [0.15, 0.2) is 0 Å². The molecule has 0 N–H and O–H groups in total. The van der Waals surface area contributed by atoms with E-state index >= 15 is 0 Å². The SMILES string of the molecule is C=CCCCC[O]. The van der Waals surface area contributed by atoms with Crippen LogP contribution in [0.3, 0.4) is 0 Å². The topological polar surface area (TPSA) is 19.9 Å². The van der Waals surface area contributed by atoms with Crippen molar-refractivity contribution in [1.29, 1.82) is 0 Å². The summed E-state index contributed by atoms with van der Waals surface area (Å²) in [5.74, 6) is 0. The van der Waals surface area contributed by atoms with Gasteiger partial charge in [0, 0.05) is 0 Å². The van der Waals surface area contributed by atoms with E-state index in [0.717, 1.165) is 19.3 Å². The van der Waals surface area contributed by atoms with Crippen LogP contribution in [0.5, 0.6) is 0 Å². The molecule has 0 saturated carbocycles. The highest BCUT2D eigenvalue weighted by molar-refractivity contribution is 4.64. The predicted molar refractivity (Wildman–Crippen MR) is 29.6 cm³/mol. The Balaban J connectivity index is 2.56. The van der Waals surface area contributed by atoms with E-state index in [4.69, 9.17) is 0 Å². The van der Waals surface area contributed by atoms with E-state index < -0.39 is 0 Å². The third kappa shape index (κ3) is 5.70. The third-order valence-electron chi connectivity index (χ3n) is 0.803. The Labute approximate surface area is 44.7 Å². The summed E-state index contributed by atoms with van der Waals surface area (Å²) in [6, 6.07) is 0. The molecule has 0 rings (SSSR count). The molecule has 7 heavy (non-hydrogen) atoms. The fourth-order valence-electron chi connectivity index (χ4n) is 0.391. The number of rotatable bonds is 4. The van der Waals surface area contributed by atoms with Crippen molar-refractivity contribution in [2.24, 2.45) is 0 Å². The van der Waals surface area contributed by atoms with Gasteiger partial charge in [-0.1, -0.05) is 6.08 Å². The van der Waals surface area contributed by atoms with Gasteiger partial charge in [0.2, 0.25) is 0 Å². The molecule has 0 aliphatic rings. The van der Waals surface area contributed by atoms with E-state index in [1.165, 1.54) is 0 Å². The first-order valence-electron chi connectivity index (χ1n) is 2.61. The number of hydrogen-bond acceptors (Lipinski definition) is 0. The first-order valence-corrected chi connectivity index (χ1v) is 2.61. The molecule has 0 unspecified atom stereocenters. The average Bonchev–Trinajstić information content (AvgIpc) is 1.69. The summed E-state index contributed by atoms with van der Waals surface area (Å²) in [5.41, 5.74) is 0. The van der Waals surface area contributed by atoms with Gasteiger partial charge in [0.1, 0.15) is 0 Å². The molecular weight excluding hydrogens is 88.1 g/mol. The molecule has 0 saturated heterocycles. The Kier molecular flexibility index (Phi) is 5.46. The molecule has 0 aromatic carbocycles. The lowest BCUT2D eigenvalue weighted by Crippen LogP contribution is -1.77. The van der Waals surface area contributed by atoms with Gasteiger partial charge in [-0.2, -0.15) is 0 Å². The fourth-order valence-corrected chi connectivity index (χ4v) is 0.391. The molecule has 41 valence electrons. The Morgan fingerprint density at radius 1 is 1.43 bits per heavy atom. The Hall–Kier alpha value is -0.300. The average molecular weight is 99.2 g/mol. The molecular formula is C6H11O. The van der Waals surface area contributed by atoms with Crippen LogP contribution in [0.1, 0.15) is 19.3 Å². The van der Waals surface area contributed by atoms with E-state index in [1.54, 1.807) is 0 Å². The first kappa shape index (κ1) is 6.70. The zero-order valence-corrected chi connectivity index (χ0v) is 4.52. The van der Waals surface area contributed by atoms with Crippen LogP contribution in [0.4, 0.5) is 0 Å². The van der Waals surface area contributed by atoms with Gasteiger partial charge in [0.05, 0.1) is 6.61 Å². The highest BCUT2D eigenvalue weighted by Gasteiger charge is 1.79. The van der Waals surface area contributed by atoms with Crippen LogP contribution in [0, 0.1) is 0 Å². The monoisotopic (exact) mass is 99.1 g/mol. The molecule has 0 fully saturated rings. The molecule has 0 bridgehead atoms. The van der Waals surface area contributed by atoms with Crippen LogP contribution in [0.15, 0.2) is 12.7 Å². The summed E-state index contributed by atoms with van der Waals surface area (Å²) in [7, 11) is 0. The lowest BCUT2D eigenvalue weighted by Gasteiger charge is -1.85. The van der Waals surface area contributed by atoms with Crippen molar-refractivity contribution in [3.8, 4) is 0 Å². The molecule has 0 atom stereocenters. The third-order valence-corrected chi connectivity index (χ3v) is 0.803. The zero-order chi connectivity index (χ0) is 5.54. The van der Waals surface area contributed by atoms with Crippen molar-refractivity contribution in [3.05, 3.63) is 12.7 Å². The summed E-state index contributed by atoms with van der Waals surface area (Å²) in [6.07, 6.45) is 4.64. The van der Waals surface area contributed by atoms with Crippen molar-refractivity contribution in [2.75, 3.05) is 6.61 Å². The summed E-state index contributed by atoms with van der Waals surface area (Å²) in [6.45, 7) is 3.59. The molecule has 0 aromatic rings. The molecule has 0 spiro atoms. The standard InChI is InChI=1S/C6H11O/c1-2-3-4-5-6-7/h2H,1,3-6H2. The second-order valence-electron chi connectivity index (χ2n) is 1.49. The van der Waals surface area contributed by atoms with Gasteiger partial charge >= 0.3 is 0 Å². The normalized spacial score (nSPS) is 8.71. The lowest BCUT2D eigenvalue weighted by atomic mass is 10.2. The van der Waals surface area contributed by atoms with E-state index in [-0.39, 0.29) is 6.61 Å². The van der Waals surface area contributed by atoms with E-state index in [9.17, 15) is 5.11 Å². The van der Waals surface area contributed by atoms with Crippen LogP contribution in [0.25, 0.3) is 0 Å². The van der Waals surface area contributed by atoms with Gasteiger partial charge in [-0.05, 0) is 19.3 Å².